The lowest BCUT2D eigenvalue weighted by Crippen LogP contribution is -2.20. The average molecular weight is 218 g/mol. The molecule has 0 aliphatic carbocycles. The molecule has 6 nitrogen and oxygen atoms in total. The summed E-state index contributed by atoms with van der Waals surface area (Å²) in [6.45, 7) is 6.43. The van der Waals surface area contributed by atoms with E-state index in [1.165, 1.54) is 13.8 Å². The highest BCUT2D eigenvalue weighted by atomic mass is 16.8. The van der Waals surface area contributed by atoms with Crippen LogP contribution in [-0.2, 0) is 19.0 Å². The lowest BCUT2D eigenvalue weighted by molar-refractivity contribution is -0.147. The molecule has 6 heteroatoms. The van der Waals surface area contributed by atoms with Gasteiger partial charge in [0.2, 0.25) is 6.29 Å². The molecule has 1 atom stereocenters. The van der Waals surface area contributed by atoms with Gasteiger partial charge < -0.3 is 19.3 Å². The summed E-state index contributed by atoms with van der Waals surface area (Å²) in [6.07, 6.45) is -2.30. The third-order valence-corrected chi connectivity index (χ3v) is 1.28. The number of carbonyl (C=O) groups excluding carboxylic acids is 1. The maximum atomic E-state index is 10.9. The van der Waals surface area contributed by atoms with Gasteiger partial charge in [0, 0.05) is 5.57 Å². The second-order valence-corrected chi connectivity index (χ2v) is 2.74. The molecule has 0 aromatic rings. The molecule has 0 rings (SSSR count). The first-order chi connectivity index (χ1) is 6.93. The highest BCUT2D eigenvalue weighted by Crippen LogP contribution is 1.95. The molecule has 0 saturated heterocycles. The van der Waals surface area contributed by atoms with Crippen molar-refractivity contribution in [2.75, 3.05) is 13.2 Å². The quantitative estimate of drug-likeness (QED) is 0.312. The number of carboxylic acid groups (broad SMARTS) is 1. The zero-order valence-corrected chi connectivity index (χ0v) is 8.69. The average Bonchev–Trinajstić information content (AvgIpc) is 2.10. The van der Waals surface area contributed by atoms with Crippen LogP contribution in [0.2, 0.25) is 0 Å². The van der Waals surface area contributed by atoms with Gasteiger partial charge in [-0.1, -0.05) is 6.58 Å². The molecule has 0 amide bonds. The fraction of sp³-hybridized carbons (Fsp3) is 0.556. The first-order valence-corrected chi connectivity index (χ1v) is 4.27. The maximum absolute atomic E-state index is 10.9. The number of hydrogen-bond donors (Lipinski definition) is 1. The van der Waals surface area contributed by atoms with Crippen LogP contribution in [0.4, 0.5) is 4.79 Å². The molecule has 1 N–H and O–H groups in total. The van der Waals surface area contributed by atoms with Gasteiger partial charge in [0.15, 0.2) is 0 Å². The summed E-state index contributed by atoms with van der Waals surface area (Å²) < 4.78 is 13.8. The second kappa shape index (κ2) is 6.83. The van der Waals surface area contributed by atoms with E-state index in [2.05, 4.69) is 11.3 Å². The van der Waals surface area contributed by atoms with E-state index in [1.54, 1.807) is 0 Å². The van der Waals surface area contributed by atoms with Crippen molar-refractivity contribution in [1.29, 1.82) is 0 Å². The van der Waals surface area contributed by atoms with Crippen LogP contribution in [0, 0.1) is 0 Å². The van der Waals surface area contributed by atoms with Crippen LogP contribution in [0.25, 0.3) is 0 Å². The largest absolute Gasteiger partial charge is 0.508 e. The summed E-state index contributed by atoms with van der Waals surface area (Å²) in [4.78, 5) is 20.9. The molecule has 0 heterocycles. The molecule has 0 aliphatic heterocycles. The molecular weight excluding hydrogens is 204 g/mol. The Morgan fingerprint density at radius 1 is 1.40 bits per heavy atom. The van der Waals surface area contributed by atoms with Gasteiger partial charge in [-0.05, 0) is 13.8 Å². The Labute approximate surface area is 87.4 Å². The van der Waals surface area contributed by atoms with Gasteiger partial charge in [0.25, 0.3) is 0 Å². The van der Waals surface area contributed by atoms with E-state index < -0.39 is 18.4 Å². The minimum atomic E-state index is -1.42. The van der Waals surface area contributed by atoms with Crippen molar-refractivity contribution in [3.63, 3.8) is 0 Å². The summed E-state index contributed by atoms with van der Waals surface area (Å²) in [5.74, 6) is -0.509. The van der Waals surface area contributed by atoms with E-state index in [1.807, 2.05) is 0 Å². The van der Waals surface area contributed by atoms with Crippen LogP contribution in [0.3, 0.4) is 0 Å². The first-order valence-electron chi connectivity index (χ1n) is 4.27. The number of esters is 1. The predicted octanol–water partition coefficient (Wildman–Crippen LogP) is 1.16. The van der Waals surface area contributed by atoms with Crippen LogP contribution in [0.5, 0.6) is 0 Å². The molecule has 0 aliphatic rings. The van der Waals surface area contributed by atoms with Crippen LogP contribution in [-0.4, -0.2) is 36.7 Å². The Morgan fingerprint density at radius 2 is 2.00 bits per heavy atom. The molecule has 1 unspecified atom stereocenters. The summed E-state index contributed by atoms with van der Waals surface area (Å²) in [6, 6.07) is 0. The summed E-state index contributed by atoms with van der Waals surface area (Å²) >= 11 is 0. The van der Waals surface area contributed by atoms with E-state index in [9.17, 15) is 9.59 Å². The van der Waals surface area contributed by atoms with Gasteiger partial charge in [-0.3, -0.25) is 0 Å². The molecule has 0 aromatic carbocycles. The Balaban J connectivity index is 3.50. The predicted molar refractivity (Wildman–Crippen MR) is 50.3 cm³/mol. The van der Waals surface area contributed by atoms with E-state index in [-0.39, 0.29) is 13.2 Å². The number of rotatable bonds is 6. The molecule has 0 aromatic heterocycles. The number of ether oxygens (including phenoxy) is 3. The van der Waals surface area contributed by atoms with Gasteiger partial charge in [-0.2, -0.15) is 0 Å². The molecule has 0 saturated carbocycles. The van der Waals surface area contributed by atoms with Crippen molar-refractivity contribution in [1.82, 2.24) is 0 Å². The second-order valence-electron chi connectivity index (χ2n) is 2.74. The smallest absolute Gasteiger partial charge is 0.460 e. The zero-order valence-electron chi connectivity index (χ0n) is 8.69. The molecule has 0 radical (unpaired) electrons. The highest BCUT2D eigenvalue weighted by molar-refractivity contribution is 5.86. The number of hydrogen-bond acceptors (Lipinski definition) is 5. The van der Waals surface area contributed by atoms with Gasteiger partial charge in [0.1, 0.15) is 6.61 Å². The fourth-order valence-corrected chi connectivity index (χ4v) is 0.648. The van der Waals surface area contributed by atoms with Gasteiger partial charge in [0.05, 0.1) is 6.61 Å². The van der Waals surface area contributed by atoms with Crippen molar-refractivity contribution in [3.05, 3.63) is 12.2 Å². The molecular formula is C9H14O6. The van der Waals surface area contributed by atoms with Crippen molar-refractivity contribution >= 4 is 12.1 Å². The topological polar surface area (TPSA) is 82.1 Å². The Kier molecular flexibility index (Phi) is 6.12. The van der Waals surface area contributed by atoms with Crippen molar-refractivity contribution in [2.45, 2.75) is 20.1 Å². The van der Waals surface area contributed by atoms with Crippen LogP contribution in [0.15, 0.2) is 12.2 Å². The van der Waals surface area contributed by atoms with Crippen LogP contribution >= 0.6 is 0 Å². The van der Waals surface area contributed by atoms with Gasteiger partial charge in [-0.15, -0.1) is 0 Å². The molecule has 0 spiro atoms. The Morgan fingerprint density at radius 3 is 2.47 bits per heavy atom. The van der Waals surface area contributed by atoms with Crippen LogP contribution in [0.1, 0.15) is 13.8 Å². The minimum Gasteiger partial charge on any atom is -0.460 e. The van der Waals surface area contributed by atoms with E-state index in [0.29, 0.717) is 5.57 Å². The minimum absolute atomic E-state index is 0.0268. The molecule has 0 fully saturated rings. The normalized spacial score (nSPS) is 11.6. The lowest BCUT2D eigenvalue weighted by Gasteiger charge is -2.11. The summed E-state index contributed by atoms with van der Waals surface area (Å²) in [7, 11) is 0. The molecule has 86 valence electrons. The van der Waals surface area contributed by atoms with Crippen molar-refractivity contribution in [3.8, 4) is 0 Å². The monoisotopic (exact) mass is 218 g/mol. The molecule has 0 bridgehead atoms. The Bertz CT molecular complexity index is 247. The van der Waals surface area contributed by atoms with Gasteiger partial charge in [-0.25, -0.2) is 9.59 Å². The van der Waals surface area contributed by atoms with Gasteiger partial charge >= 0.3 is 12.1 Å². The maximum Gasteiger partial charge on any atom is 0.508 e. The zero-order chi connectivity index (χ0) is 11.8. The first kappa shape index (κ1) is 13.4. The van der Waals surface area contributed by atoms with Crippen molar-refractivity contribution < 1.29 is 28.9 Å². The fourth-order valence-electron chi connectivity index (χ4n) is 0.648. The van der Waals surface area contributed by atoms with Crippen LogP contribution < -0.4 is 0 Å². The molecule has 15 heavy (non-hydrogen) atoms. The highest BCUT2D eigenvalue weighted by Gasteiger charge is 2.08. The summed E-state index contributed by atoms with van der Waals surface area (Å²) in [5, 5.41) is 8.20. The third-order valence-electron chi connectivity index (χ3n) is 1.28. The standard InChI is InChI=1S/C9H14O6/c1-6(2)8(10)14-5-4-13-7(3)15-9(11)12/h7H,1,4-5H2,2-3H3,(H,11,12). The van der Waals surface area contributed by atoms with Crippen molar-refractivity contribution in [2.24, 2.45) is 0 Å². The van der Waals surface area contributed by atoms with E-state index in [0.717, 1.165) is 0 Å². The van der Waals surface area contributed by atoms with E-state index >= 15 is 0 Å². The third kappa shape index (κ3) is 7.51. The van der Waals surface area contributed by atoms with E-state index in [4.69, 9.17) is 14.6 Å². The number of carbonyl (C=O) groups is 2. The SMILES string of the molecule is C=C(C)C(=O)OCCOC(C)OC(=O)O. The Hall–Kier alpha value is -1.56. The lowest BCUT2D eigenvalue weighted by atomic mass is 10.4. The summed E-state index contributed by atoms with van der Waals surface area (Å²) in [5.41, 5.74) is 0.296.